The summed E-state index contributed by atoms with van der Waals surface area (Å²) in [5.74, 6) is 1.21. The molecule has 2 rings (SSSR count). The molecule has 0 atom stereocenters. The van der Waals surface area contributed by atoms with Crippen LogP contribution in [0.2, 0.25) is 0 Å². The number of benzene rings is 1. The van der Waals surface area contributed by atoms with Crippen LogP contribution < -0.4 is 0 Å². The molecule has 0 aliphatic heterocycles. The van der Waals surface area contributed by atoms with Gasteiger partial charge in [0.2, 0.25) is 0 Å². The number of aryl methyl sites for hydroxylation is 1. The van der Waals surface area contributed by atoms with Crippen LogP contribution in [0.1, 0.15) is 31.2 Å². The molecule has 0 bridgehead atoms. The number of nitrogens with zero attached hydrogens (tertiary/aromatic N) is 4. The number of tetrazole rings is 1. The van der Waals surface area contributed by atoms with Crippen LogP contribution in [-0.4, -0.2) is 20.2 Å². The first-order valence-electron chi connectivity index (χ1n) is 5.04. The lowest BCUT2D eigenvalue weighted by atomic mass is 10.1. The number of para-hydroxylation sites is 1. The molecule has 0 fully saturated rings. The lowest BCUT2D eigenvalue weighted by molar-refractivity contribution is 0.707. The zero-order chi connectivity index (χ0) is 10.8. The van der Waals surface area contributed by atoms with Crippen LogP contribution in [0.4, 0.5) is 0 Å². The molecule has 0 spiro atoms. The fourth-order valence-corrected chi connectivity index (χ4v) is 1.53. The molecule has 0 aliphatic carbocycles. The smallest absolute Gasteiger partial charge is 0.159 e. The van der Waals surface area contributed by atoms with E-state index in [0.29, 0.717) is 5.92 Å². The largest absolute Gasteiger partial charge is 0.197 e. The number of rotatable bonds is 2. The van der Waals surface area contributed by atoms with E-state index in [2.05, 4.69) is 42.4 Å². The summed E-state index contributed by atoms with van der Waals surface area (Å²) >= 11 is 0. The maximum atomic E-state index is 4.04. The molecule has 0 amide bonds. The normalized spacial score (nSPS) is 10.9. The Morgan fingerprint density at radius 3 is 2.60 bits per heavy atom. The predicted octanol–water partition coefficient (Wildman–Crippen LogP) is 2.09. The lowest BCUT2D eigenvalue weighted by Crippen LogP contribution is -2.06. The molecular formula is C11H14N4. The molecule has 0 N–H and O–H groups in total. The molecule has 0 saturated carbocycles. The second-order valence-corrected chi connectivity index (χ2v) is 3.89. The summed E-state index contributed by atoms with van der Waals surface area (Å²) in [4.78, 5) is 0. The van der Waals surface area contributed by atoms with Gasteiger partial charge in [-0.2, -0.15) is 4.68 Å². The first-order chi connectivity index (χ1) is 7.20. The molecular weight excluding hydrogens is 188 g/mol. The molecule has 1 heterocycles. The topological polar surface area (TPSA) is 43.6 Å². The molecule has 0 unspecified atom stereocenters. The highest BCUT2D eigenvalue weighted by Crippen LogP contribution is 2.17. The van der Waals surface area contributed by atoms with Crippen molar-refractivity contribution < 1.29 is 0 Å². The summed E-state index contributed by atoms with van der Waals surface area (Å²) in [6.45, 7) is 6.22. The van der Waals surface area contributed by atoms with Gasteiger partial charge in [0.15, 0.2) is 5.82 Å². The van der Waals surface area contributed by atoms with Crippen LogP contribution in [-0.2, 0) is 0 Å². The Bertz CT molecular complexity index is 459. The summed E-state index contributed by atoms with van der Waals surface area (Å²) in [7, 11) is 0. The Hall–Kier alpha value is -1.71. The van der Waals surface area contributed by atoms with E-state index in [1.54, 1.807) is 4.68 Å². The zero-order valence-electron chi connectivity index (χ0n) is 9.18. The maximum Gasteiger partial charge on any atom is 0.159 e. The molecule has 78 valence electrons. The van der Waals surface area contributed by atoms with E-state index >= 15 is 0 Å². The molecule has 15 heavy (non-hydrogen) atoms. The molecule has 4 nitrogen and oxygen atoms in total. The van der Waals surface area contributed by atoms with Crippen molar-refractivity contribution in [2.24, 2.45) is 0 Å². The van der Waals surface area contributed by atoms with Crippen LogP contribution in [0, 0.1) is 6.92 Å². The van der Waals surface area contributed by atoms with Crippen molar-refractivity contribution in [1.82, 2.24) is 20.2 Å². The molecule has 0 saturated heterocycles. The summed E-state index contributed by atoms with van der Waals surface area (Å²) in [6, 6.07) is 8.09. The van der Waals surface area contributed by atoms with Crippen LogP contribution in [0.25, 0.3) is 5.69 Å². The number of hydrogen-bond donors (Lipinski definition) is 0. The van der Waals surface area contributed by atoms with Crippen LogP contribution in [0.15, 0.2) is 24.3 Å². The minimum atomic E-state index is 0.319. The highest BCUT2D eigenvalue weighted by Gasteiger charge is 2.12. The Morgan fingerprint density at radius 2 is 1.93 bits per heavy atom. The third-order valence-electron chi connectivity index (χ3n) is 2.35. The van der Waals surface area contributed by atoms with E-state index in [0.717, 1.165) is 11.5 Å². The number of hydrogen-bond acceptors (Lipinski definition) is 3. The summed E-state index contributed by atoms with van der Waals surface area (Å²) in [6.07, 6.45) is 0. The second kappa shape index (κ2) is 3.81. The van der Waals surface area contributed by atoms with Crippen molar-refractivity contribution in [2.45, 2.75) is 26.7 Å². The maximum absolute atomic E-state index is 4.04. The van der Waals surface area contributed by atoms with Crippen molar-refractivity contribution in [3.05, 3.63) is 35.7 Å². The van der Waals surface area contributed by atoms with Crippen LogP contribution >= 0.6 is 0 Å². The van der Waals surface area contributed by atoms with Gasteiger partial charge in [-0.3, -0.25) is 0 Å². The Kier molecular flexibility index (Phi) is 2.49. The Balaban J connectivity index is 2.55. The highest BCUT2D eigenvalue weighted by atomic mass is 15.5. The van der Waals surface area contributed by atoms with E-state index < -0.39 is 0 Å². The summed E-state index contributed by atoms with van der Waals surface area (Å²) < 4.78 is 1.81. The Labute approximate surface area is 88.9 Å². The minimum Gasteiger partial charge on any atom is -0.197 e. The van der Waals surface area contributed by atoms with E-state index in [-0.39, 0.29) is 0 Å². The monoisotopic (exact) mass is 202 g/mol. The molecule has 1 aromatic carbocycles. The second-order valence-electron chi connectivity index (χ2n) is 3.89. The van der Waals surface area contributed by atoms with Crippen LogP contribution in [0.5, 0.6) is 0 Å². The van der Waals surface area contributed by atoms with Crippen molar-refractivity contribution in [3.8, 4) is 5.69 Å². The van der Waals surface area contributed by atoms with Crippen LogP contribution in [0.3, 0.4) is 0 Å². The third-order valence-corrected chi connectivity index (χ3v) is 2.35. The first-order valence-corrected chi connectivity index (χ1v) is 5.04. The van der Waals surface area contributed by atoms with Gasteiger partial charge in [0.05, 0.1) is 5.69 Å². The van der Waals surface area contributed by atoms with Crippen molar-refractivity contribution >= 4 is 0 Å². The minimum absolute atomic E-state index is 0.319. The fraction of sp³-hybridized carbons (Fsp3) is 0.364. The Morgan fingerprint density at radius 1 is 1.20 bits per heavy atom. The van der Waals surface area contributed by atoms with Gasteiger partial charge in [0, 0.05) is 5.92 Å². The predicted molar refractivity (Wildman–Crippen MR) is 58.0 cm³/mol. The van der Waals surface area contributed by atoms with Gasteiger partial charge in [0.25, 0.3) is 0 Å². The van der Waals surface area contributed by atoms with Gasteiger partial charge in [-0.1, -0.05) is 32.0 Å². The first kappa shape index (κ1) is 9.83. The van der Waals surface area contributed by atoms with Gasteiger partial charge >= 0.3 is 0 Å². The quantitative estimate of drug-likeness (QED) is 0.749. The van der Waals surface area contributed by atoms with Crippen molar-refractivity contribution in [1.29, 1.82) is 0 Å². The van der Waals surface area contributed by atoms with Gasteiger partial charge in [-0.15, -0.1) is 5.10 Å². The summed E-state index contributed by atoms with van der Waals surface area (Å²) in [5, 5.41) is 11.8. The molecule has 4 heteroatoms. The van der Waals surface area contributed by atoms with E-state index in [9.17, 15) is 0 Å². The van der Waals surface area contributed by atoms with Crippen molar-refractivity contribution in [3.63, 3.8) is 0 Å². The standard InChI is InChI=1S/C11H14N4/c1-8(2)11-12-13-14-15(11)10-7-5-4-6-9(10)3/h4-8H,1-3H3. The average Bonchev–Trinajstić information content (AvgIpc) is 2.67. The zero-order valence-corrected chi connectivity index (χ0v) is 9.18. The van der Waals surface area contributed by atoms with Gasteiger partial charge in [-0.25, -0.2) is 0 Å². The van der Waals surface area contributed by atoms with E-state index in [4.69, 9.17) is 0 Å². The van der Waals surface area contributed by atoms with Crippen molar-refractivity contribution in [2.75, 3.05) is 0 Å². The van der Waals surface area contributed by atoms with Gasteiger partial charge in [-0.05, 0) is 29.0 Å². The number of aromatic nitrogens is 4. The molecule has 0 radical (unpaired) electrons. The fourth-order valence-electron chi connectivity index (χ4n) is 1.53. The molecule has 0 aliphatic rings. The lowest BCUT2D eigenvalue weighted by Gasteiger charge is -2.08. The highest BCUT2D eigenvalue weighted by molar-refractivity contribution is 5.39. The molecule has 1 aromatic heterocycles. The van der Waals surface area contributed by atoms with Gasteiger partial charge in [0.1, 0.15) is 0 Å². The van der Waals surface area contributed by atoms with E-state index in [1.807, 2.05) is 18.2 Å². The van der Waals surface area contributed by atoms with E-state index in [1.165, 1.54) is 5.56 Å². The third kappa shape index (κ3) is 1.75. The average molecular weight is 202 g/mol. The molecule has 2 aromatic rings. The van der Waals surface area contributed by atoms with Gasteiger partial charge < -0.3 is 0 Å². The SMILES string of the molecule is Cc1ccccc1-n1nnnc1C(C)C. The summed E-state index contributed by atoms with van der Waals surface area (Å²) in [5.41, 5.74) is 2.22.